The van der Waals surface area contributed by atoms with Crippen LogP contribution in [0.2, 0.25) is 0 Å². The van der Waals surface area contributed by atoms with Crippen LogP contribution in [0.25, 0.3) is 10.9 Å². The number of nitrogens with zero attached hydrogens (tertiary/aromatic N) is 2. The van der Waals surface area contributed by atoms with Gasteiger partial charge in [0.1, 0.15) is 5.82 Å². The van der Waals surface area contributed by atoms with Crippen LogP contribution in [0, 0.1) is 0 Å². The van der Waals surface area contributed by atoms with Crippen molar-refractivity contribution in [2.24, 2.45) is 0 Å². The normalized spacial score (nSPS) is 18.6. The minimum Gasteiger partial charge on any atom is -0.493 e. The number of likely N-dealkylation sites (tertiary alicyclic amines) is 1. The highest BCUT2D eigenvalue weighted by molar-refractivity contribution is 5.89. The summed E-state index contributed by atoms with van der Waals surface area (Å²) in [4.78, 5) is 18.1. The zero-order valence-corrected chi connectivity index (χ0v) is 16.9. The number of aromatic nitrogens is 1. The molecule has 2 aliphatic heterocycles. The van der Waals surface area contributed by atoms with Gasteiger partial charge >= 0.3 is 0 Å². The molecule has 0 spiro atoms. The van der Waals surface area contributed by atoms with Crippen LogP contribution in [0.1, 0.15) is 36.7 Å². The minimum atomic E-state index is -0.753. The Bertz CT molecular complexity index is 882. The third kappa shape index (κ3) is 3.95. The molecule has 2 aromatic rings. The number of rotatable bonds is 9. The van der Waals surface area contributed by atoms with Crippen LogP contribution in [0.5, 0.6) is 11.5 Å². The summed E-state index contributed by atoms with van der Waals surface area (Å²) in [5.74, 6) is 1.98. The predicted molar refractivity (Wildman–Crippen MR) is 108 cm³/mol. The Morgan fingerprint density at radius 3 is 2.86 bits per heavy atom. The van der Waals surface area contributed by atoms with Crippen molar-refractivity contribution in [3.8, 4) is 11.5 Å². The first kappa shape index (κ1) is 19.7. The molecule has 8 nitrogen and oxygen atoms in total. The molecule has 1 atom stereocenters. The molecule has 8 heteroatoms. The Morgan fingerprint density at radius 2 is 2.14 bits per heavy atom. The molecular formula is C21H27N3O5. The molecule has 1 aromatic heterocycles. The maximum atomic E-state index is 10.9. The standard InChI is InChI=1S/C21H27N3O5/c1-22-20-15-12-28-21(29-13-25)19(15)14-10-17(26-2)18(11-16(14)23-20)27-9-5-8-24-6-3-4-7-24/h10-11,13,21H,3-9,12H2,1-2H3,(H,22,23). The van der Waals surface area contributed by atoms with Gasteiger partial charge in [0.2, 0.25) is 6.29 Å². The molecule has 0 bridgehead atoms. The highest BCUT2D eigenvalue weighted by atomic mass is 16.7. The topological polar surface area (TPSA) is 82.2 Å². The number of carbonyl (C=O) groups is 1. The SMILES string of the molecule is CNc1nc2cc(OCCCN3CCCC3)c(OC)cc2c2c1COC2OC=O. The van der Waals surface area contributed by atoms with Crippen LogP contribution >= 0.6 is 0 Å². The number of carbonyl (C=O) groups excluding carboxylic acids is 1. The van der Waals surface area contributed by atoms with Crippen molar-refractivity contribution in [2.45, 2.75) is 32.2 Å². The molecule has 2 aliphatic rings. The highest BCUT2D eigenvalue weighted by Crippen LogP contribution is 2.43. The second kappa shape index (κ2) is 8.84. The second-order valence-corrected chi connectivity index (χ2v) is 7.25. The predicted octanol–water partition coefficient (Wildman–Crippen LogP) is 2.85. The zero-order valence-electron chi connectivity index (χ0n) is 16.9. The van der Waals surface area contributed by atoms with E-state index >= 15 is 0 Å². The smallest absolute Gasteiger partial charge is 0.295 e. The first-order valence-corrected chi connectivity index (χ1v) is 10.0. The van der Waals surface area contributed by atoms with Crippen LogP contribution in [-0.2, 0) is 20.9 Å². The average Bonchev–Trinajstić information content (AvgIpc) is 3.40. The van der Waals surface area contributed by atoms with Gasteiger partial charge in [-0.15, -0.1) is 0 Å². The van der Waals surface area contributed by atoms with Gasteiger partial charge in [-0.3, -0.25) is 4.79 Å². The summed E-state index contributed by atoms with van der Waals surface area (Å²) in [6.45, 7) is 4.76. The Morgan fingerprint density at radius 1 is 1.31 bits per heavy atom. The summed E-state index contributed by atoms with van der Waals surface area (Å²) in [7, 11) is 3.42. The molecular weight excluding hydrogens is 374 g/mol. The fourth-order valence-electron chi connectivity index (χ4n) is 4.11. The van der Waals surface area contributed by atoms with Crippen molar-refractivity contribution in [1.82, 2.24) is 9.88 Å². The van der Waals surface area contributed by atoms with Crippen molar-refractivity contribution in [2.75, 3.05) is 45.7 Å². The number of anilines is 1. The van der Waals surface area contributed by atoms with E-state index in [0.717, 1.165) is 35.0 Å². The van der Waals surface area contributed by atoms with Crippen molar-refractivity contribution >= 4 is 23.2 Å². The van der Waals surface area contributed by atoms with E-state index in [2.05, 4.69) is 10.2 Å². The fourth-order valence-corrected chi connectivity index (χ4v) is 4.11. The molecule has 156 valence electrons. The van der Waals surface area contributed by atoms with E-state index in [1.165, 1.54) is 25.9 Å². The Kier molecular flexibility index (Phi) is 6.01. The second-order valence-electron chi connectivity index (χ2n) is 7.25. The van der Waals surface area contributed by atoms with Gasteiger partial charge in [-0.1, -0.05) is 0 Å². The van der Waals surface area contributed by atoms with E-state index in [9.17, 15) is 4.79 Å². The van der Waals surface area contributed by atoms with Gasteiger partial charge in [0, 0.05) is 36.2 Å². The Hall–Kier alpha value is -2.58. The highest BCUT2D eigenvalue weighted by Gasteiger charge is 2.31. The number of methoxy groups -OCH3 is 1. The Balaban J connectivity index is 1.61. The van der Waals surface area contributed by atoms with Crippen LogP contribution in [0.15, 0.2) is 12.1 Å². The summed E-state index contributed by atoms with van der Waals surface area (Å²) in [5.41, 5.74) is 2.41. The monoisotopic (exact) mass is 401 g/mol. The van der Waals surface area contributed by atoms with Gasteiger partial charge in [0.05, 0.1) is 25.8 Å². The third-order valence-corrected chi connectivity index (χ3v) is 5.52. The number of ether oxygens (including phenoxy) is 4. The van der Waals surface area contributed by atoms with Gasteiger partial charge in [-0.25, -0.2) is 4.98 Å². The number of fused-ring (bicyclic) bond motifs is 3. The third-order valence-electron chi connectivity index (χ3n) is 5.52. The fraction of sp³-hybridized carbons (Fsp3) is 0.524. The zero-order chi connectivity index (χ0) is 20.2. The number of nitrogens with one attached hydrogen (secondary N) is 1. The number of pyridine rings is 1. The first-order valence-electron chi connectivity index (χ1n) is 10.0. The van der Waals surface area contributed by atoms with Crippen molar-refractivity contribution < 1.29 is 23.7 Å². The van der Waals surface area contributed by atoms with E-state index in [1.807, 2.05) is 19.2 Å². The molecule has 0 aliphatic carbocycles. The Labute approximate surface area is 170 Å². The van der Waals surface area contributed by atoms with Gasteiger partial charge < -0.3 is 29.2 Å². The maximum absolute atomic E-state index is 10.9. The van der Waals surface area contributed by atoms with Crippen molar-refractivity contribution in [3.05, 3.63) is 23.3 Å². The lowest BCUT2D eigenvalue weighted by Gasteiger charge is -2.17. The van der Waals surface area contributed by atoms with E-state index in [0.29, 0.717) is 37.0 Å². The maximum Gasteiger partial charge on any atom is 0.295 e. The van der Waals surface area contributed by atoms with E-state index in [-0.39, 0.29) is 0 Å². The molecule has 1 fully saturated rings. The van der Waals surface area contributed by atoms with Crippen LogP contribution in [0.4, 0.5) is 5.82 Å². The van der Waals surface area contributed by atoms with Gasteiger partial charge in [0.15, 0.2) is 11.5 Å². The van der Waals surface area contributed by atoms with Crippen molar-refractivity contribution in [3.63, 3.8) is 0 Å². The number of hydrogen-bond donors (Lipinski definition) is 1. The van der Waals surface area contributed by atoms with Crippen LogP contribution in [0.3, 0.4) is 0 Å². The van der Waals surface area contributed by atoms with E-state index in [1.54, 1.807) is 7.11 Å². The largest absolute Gasteiger partial charge is 0.493 e. The van der Waals surface area contributed by atoms with Gasteiger partial charge in [-0.05, 0) is 38.4 Å². The molecule has 0 radical (unpaired) electrons. The number of benzene rings is 1. The summed E-state index contributed by atoms with van der Waals surface area (Å²) in [5, 5.41) is 3.92. The lowest BCUT2D eigenvalue weighted by Crippen LogP contribution is -2.21. The van der Waals surface area contributed by atoms with Crippen LogP contribution in [-0.4, -0.2) is 56.8 Å². The van der Waals surface area contributed by atoms with Crippen molar-refractivity contribution in [1.29, 1.82) is 0 Å². The average molecular weight is 401 g/mol. The van der Waals surface area contributed by atoms with E-state index in [4.69, 9.17) is 23.9 Å². The molecule has 1 N–H and O–H groups in total. The molecule has 1 aromatic carbocycles. The molecule has 0 saturated carbocycles. The van der Waals surface area contributed by atoms with Crippen LogP contribution < -0.4 is 14.8 Å². The molecule has 1 saturated heterocycles. The first-order chi connectivity index (χ1) is 14.2. The molecule has 1 unspecified atom stereocenters. The van der Waals surface area contributed by atoms with E-state index < -0.39 is 6.29 Å². The molecule has 3 heterocycles. The lowest BCUT2D eigenvalue weighted by molar-refractivity contribution is -0.162. The molecule has 29 heavy (non-hydrogen) atoms. The van der Waals surface area contributed by atoms with Gasteiger partial charge in [0.25, 0.3) is 6.47 Å². The molecule has 0 amide bonds. The summed E-state index contributed by atoms with van der Waals surface area (Å²) in [6.07, 6.45) is 2.80. The minimum absolute atomic E-state index is 0.323. The summed E-state index contributed by atoms with van der Waals surface area (Å²) in [6, 6.07) is 3.76. The lowest BCUT2D eigenvalue weighted by atomic mass is 10.0. The summed E-state index contributed by atoms with van der Waals surface area (Å²) < 4.78 is 22.4. The molecule has 4 rings (SSSR count). The number of hydrogen-bond acceptors (Lipinski definition) is 8. The van der Waals surface area contributed by atoms with Gasteiger partial charge in [-0.2, -0.15) is 0 Å². The quantitative estimate of drug-likeness (QED) is 0.507. The summed E-state index contributed by atoms with van der Waals surface area (Å²) >= 11 is 0.